The molecule has 0 amide bonds. The van der Waals surface area contributed by atoms with Crippen molar-refractivity contribution >= 4 is 5.69 Å². The fourth-order valence-electron chi connectivity index (χ4n) is 1.70. The first-order chi connectivity index (χ1) is 8.20. The number of aliphatic hydroxyl groups is 1. The van der Waals surface area contributed by atoms with Gasteiger partial charge in [-0.3, -0.25) is 0 Å². The Balaban J connectivity index is 2.20. The topological polar surface area (TPSA) is 63.0 Å². The summed E-state index contributed by atoms with van der Waals surface area (Å²) in [6.45, 7) is 2.56. The number of hydrogen-bond acceptors (Lipinski definition) is 4. The van der Waals surface area contributed by atoms with Crippen molar-refractivity contribution in [1.29, 1.82) is 0 Å². The summed E-state index contributed by atoms with van der Waals surface area (Å²) in [7, 11) is 1.88. The van der Waals surface area contributed by atoms with E-state index in [0.29, 0.717) is 6.54 Å². The number of nitrogens with one attached hydrogen (secondary N) is 1. The minimum absolute atomic E-state index is 0.129. The average Bonchev–Trinajstić information content (AvgIpc) is 2.66. The second-order valence-electron chi connectivity index (χ2n) is 3.83. The van der Waals surface area contributed by atoms with E-state index < -0.39 is 0 Å². The lowest BCUT2D eigenvalue weighted by atomic mass is 10.2. The molecule has 0 aliphatic heterocycles. The van der Waals surface area contributed by atoms with E-state index >= 15 is 0 Å². The van der Waals surface area contributed by atoms with E-state index in [-0.39, 0.29) is 6.61 Å². The molecular formula is C12H16N4O. The van der Waals surface area contributed by atoms with Crippen LogP contribution >= 0.6 is 0 Å². The fraction of sp³-hybridized carbons (Fsp3) is 0.333. The summed E-state index contributed by atoms with van der Waals surface area (Å²) in [5, 5.41) is 16.0. The van der Waals surface area contributed by atoms with E-state index in [4.69, 9.17) is 5.11 Å². The highest BCUT2D eigenvalue weighted by Gasteiger charge is 2.06. The standard InChI is InChI=1S/C12H16N4O/c1-9-14-12(16(2)15-9)10-3-5-11(6-4-10)13-7-8-17/h3-6,13,17H,7-8H2,1-2H3. The van der Waals surface area contributed by atoms with Crippen molar-refractivity contribution in [2.75, 3.05) is 18.5 Å². The van der Waals surface area contributed by atoms with Gasteiger partial charge in [-0.25, -0.2) is 9.67 Å². The van der Waals surface area contributed by atoms with Gasteiger partial charge in [0, 0.05) is 24.8 Å². The van der Waals surface area contributed by atoms with Gasteiger partial charge in [-0.2, -0.15) is 5.10 Å². The normalized spacial score (nSPS) is 10.5. The molecule has 0 bridgehead atoms. The number of aliphatic hydroxyl groups excluding tert-OH is 1. The van der Waals surface area contributed by atoms with Crippen LogP contribution in [0.3, 0.4) is 0 Å². The first-order valence-electron chi connectivity index (χ1n) is 5.53. The van der Waals surface area contributed by atoms with Crippen LogP contribution in [0.25, 0.3) is 11.4 Å². The van der Waals surface area contributed by atoms with Crippen LogP contribution in [-0.4, -0.2) is 33.0 Å². The number of benzene rings is 1. The van der Waals surface area contributed by atoms with E-state index in [1.807, 2.05) is 38.2 Å². The molecule has 2 N–H and O–H groups in total. The summed E-state index contributed by atoms with van der Waals surface area (Å²) in [6, 6.07) is 7.91. The molecule has 1 aromatic carbocycles. The molecular weight excluding hydrogens is 216 g/mol. The maximum atomic E-state index is 8.72. The molecule has 2 rings (SSSR count). The number of aryl methyl sites for hydroxylation is 2. The van der Waals surface area contributed by atoms with Crippen LogP contribution in [0.15, 0.2) is 24.3 Å². The Morgan fingerprint density at radius 3 is 2.53 bits per heavy atom. The molecule has 0 saturated heterocycles. The molecule has 1 heterocycles. The lowest BCUT2D eigenvalue weighted by molar-refractivity contribution is 0.311. The first-order valence-corrected chi connectivity index (χ1v) is 5.53. The SMILES string of the molecule is Cc1nc(-c2ccc(NCCO)cc2)n(C)n1. The van der Waals surface area contributed by atoms with Crippen molar-refractivity contribution in [2.45, 2.75) is 6.92 Å². The van der Waals surface area contributed by atoms with Crippen LogP contribution in [0, 0.1) is 6.92 Å². The lowest BCUT2D eigenvalue weighted by Crippen LogP contribution is -2.05. The van der Waals surface area contributed by atoms with Crippen molar-refractivity contribution in [2.24, 2.45) is 7.05 Å². The molecule has 0 atom stereocenters. The minimum atomic E-state index is 0.129. The molecule has 0 saturated carbocycles. The predicted molar refractivity (Wildman–Crippen MR) is 66.8 cm³/mol. The van der Waals surface area contributed by atoms with Gasteiger partial charge in [-0.15, -0.1) is 0 Å². The second kappa shape index (κ2) is 4.97. The molecule has 90 valence electrons. The highest BCUT2D eigenvalue weighted by molar-refractivity contribution is 5.59. The highest BCUT2D eigenvalue weighted by atomic mass is 16.3. The van der Waals surface area contributed by atoms with Gasteiger partial charge in [-0.05, 0) is 31.2 Å². The molecule has 0 spiro atoms. The van der Waals surface area contributed by atoms with Crippen LogP contribution in [0.5, 0.6) is 0 Å². The Labute approximate surface area is 100 Å². The summed E-state index contributed by atoms with van der Waals surface area (Å²) in [4.78, 5) is 4.36. The molecule has 1 aromatic heterocycles. The molecule has 5 heteroatoms. The van der Waals surface area contributed by atoms with Gasteiger partial charge in [0.2, 0.25) is 0 Å². The first kappa shape index (κ1) is 11.6. The van der Waals surface area contributed by atoms with Crippen molar-refractivity contribution < 1.29 is 5.11 Å². The van der Waals surface area contributed by atoms with Gasteiger partial charge in [0.05, 0.1) is 6.61 Å². The van der Waals surface area contributed by atoms with E-state index in [1.54, 1.807) is 4.68 Å². The van der Waals surface area contributed by atoms with Gasteiger partial charge < -0.3 is 10.4 Å². The van der Waals surface area contributed by atoms with E-state index in [2.05, 4.69) is 15.4 Å². The van der Waals surface area contributed by atoms with Crippen molar-refractivity contribution in [3.8, 4) is 11.4 Å². The summed E-state index contributed by atoms with van der Waals surface area (Å²) in [6.07, 6.45) is 0. The van der Waals surface area contributed by atoms with E-state index in [9.17, 15) is 0 Å². The molecule has 0 aliphatic carbocycles. The summed E-state index contributed by atoms with van der Waals surface area (Å²) in [5.41, 5.74) is 2.02. The maximum absolute atomic E-state index is 8.72. The zero-order valence-electron chi connectivity index (χ0n) is 10.0. The van der Waals surface area contributed by atoms with E-state index in [1.165, 1.54) is 0 Å². The Hall–Kier alpha value is -1.88. The number of rotatable bonds is 4. The molecule has 17 heavy (non-hydrogen) atoms. The highest BCUT2D eigenvalue weighted by Crippen LogP contribution is 2.19. The third kappa shape index (κ3) is 2.62. The zero-order valence-corrected chi connectivity index (χ0v) is 10.0. The summed E-state index contributed by atoms with van der Waals surface area (Å²) in [5.74, 6) is 1.63. The lowest BCUT2D eigenvalue weighted by Gasteiger charge is -2.05. The van der Waals surface area contributed by atoms with Gasteiger partial charge in [0.15, 0.2) is 5.82 Å². The monoisotopic (exact) mass is 232 g/mol. The molecule has 0 aliphatic rings. The number of aromatic nitrogens is 3. The third-order valence-corrected chi connectivity index (χ3v) is 2.45. The summed E-state index contributed by atoms with van der Waals surface area (Å²) < 4.78 is 1.77. The minimum Gasteiger partial charge on any atom is -0.395 e. The zero-order chi connectivity index (χ0) is 12.3. The van der Waals surface area contributed by atoms with Crippen LogP contribution < -0.4 is 5.32 Å². The van der Waals surface area contributed by atoms with Crippen molar-refractivity contribution in [3.05, 3.63) is 30.1 Å². The Kier molecular flexibility index (Phi) is 3.39. The van der Waals surface area contributed by atoms with Gasteiger partial charge in [0.1, 0.15) is 5.82 Å². The van der Waals surface area contributed by atoms with Crippen molar-refractivity contribution in [1.82, 2.24) is 14.8 Å². The van der Waals surface area contributed by atoms with Crippen LogP contribution in [0.2, 0.25) is 0 Å². The van der Waals surface area contributed by atoms with Gasteiger partial charge in [0.25, 0.3) is 0 Å². The van der Waals surface area contributed by atoms with Crippen molar-refractivity contribution in [3.63, 3.8) is 0 Å². The van der Waals surface area contributed by atoms with Crippen LogP contribution in [-0.2, 0) is 7.05 Å². The van der Waals surface area contributed by atoms with Gasteiger partial charge in [-0.1, -0.05) is 0 Å². The predicted octanol–water partition coefficient (Wildman–Crippen LogP) is 1.19. The second-order valence-corrected chi connectivity index (χ2v) is 3.83. The average molecular weight is 232 g/mol. The van der Waals surface area contributed by atoms with Gasteiger partial charge >= 0.3 is 0 Å². The summed E-state index contributed by atoms with van der Waals surface area (Å²) >= 11 is 0. The third-order valence-electron chi connectivity index (χ3n) is 2.45. The number of anilines is 1. The molecule has 0 fully saturated rings. The maximum Gasteiger partial charge on any atom is 0.158 e. The van der Waals surface area contributed by atoms with E-state index in [0.717, 1.165) is 22.9 Å². The molecule has 2 aromatic rings. The molecule has 0 unspecified atom stereocenters. The quantitative estimate of drug-likeness (QED) is 0.831. The van der Waals surface area contributed by atoms with Crippen LogP contribution in [0.1, 0.15) is 5.82 Å². The van der Waals surface area contributed by atoms with Crippen LogP contribution in [0.4, 0.5) is 5.69 Å². The largest absolute Gasteiger partial charge is 0.395 e. The Bertz CT molecular complexity index is 490. The number of hydrogen-bond donors (Lipinski definition) is 2. The molecule has 0 radical (unpaired) electrons. The Morgan fingerprint density at radius 2 is 2.00 bits per heavy atom. The smallest absolute Gasteiger partial charge is 0.158 e. The Morgan fingerprint density at radius 1 is 1.29 bits per heavy atom. The fourth-order valence-corrected chi connectivity index (χ4v) is 1.70. The number of nitrogens with zero attached hydrogens (tertiary/aromatic N) is 3. The molecule has 5 nitrogen and oxygen atoms in total.